The van der Waals surface area contributed by atoms with E-state index in [-0.39, 0.29) is 17.8 Å². The summed E-state index contributed by atoms with van der Waals surface area (Å²) in [6.07, 6.45) is -0.860. The molecule has 0 bridgehead atoms. The molecular formula is C17H19Cl3FN3O3. The summed E-state index contributed by atoms with van der Waals surface area (Å²) < 4.78 is 18.3. The fourth-order valence-electron chi connectivity index (χ4n) is 2.17. The maximum Gasteiger partial charge on any atom is 0.412 e. The summed E-state index contributed by atoms with van der Waals surface area (Å²) in [6.45, 7) is 5.03. The number of hydrogen-bond acceptors (Lipinski definition) is 4. The second kappa shape index (κ2) is 8.22. The summed E-state index contributed by atoms with van der Waals surface area (Å²) in [4.78, 5) is 12.0. The van der Waals surface area contributed by atoms with E-state index in [1.807, 2.05) is 20.8 Å². The number of aromatic nitrogens is 2. The van der Waals surface area contributed by atoms with Crippen molar-refractivity contribution in [2.75, 3.05) is 11.9 Å². The number of benzene rings is 1. The smallest absolute Gasteiger partial charge is 0.412 e. The highest BCUT2D eigenvalue weighted by atomic mass is 35.6. The van der Waals surface area contributed by atoms with Crippen LogP contribution in [0.5, 0.6) is 0 Å². The van der Waals surface area contributed by atoms with Gasteiger partial charge >= 0.3 is 6.09 Å². The molecule has 0 saturated carbocycles. The Morgan fingerprint density at radius 3 is 2.48 bits per heavy atom. The molecule has 0 atom stereocenters. The van der Waals surface area contributed by atoms with E-state index < -0.39 is 22.3 Å². The number of aliphatic hydroxyl groups excluding tert-OH is 1. The fourth-order valence-corrected chi connectivity index (χ4v) is 2.33. The summed E-state index contributed by atoms with van der Waals surface area (Å²) >= 11 is 16.7. The first-order valence-corrected chi connectivity index (χ1v) is 9.04. The highest BCUT2D eigenvalue weighted by molar-refractivity contribution is 6.67. The van der Waals surface area contributed by atoms with Crippen molar-refractivity contribution in [3.8, 4) is 5.69 Å². The standard InChI is InChI=1S/C17H19Cl3FN3O3/c1-16(2,3)13-7-14(22-15(26)27-9-17(18,19)20)24(23-13)12-5-10(8-25)4-11(21)6-12/h4-7,25H,8-9H2,1-3H3,(H,22,26). The molecule has 1 amide bonds. The van der Waals surface area contributed by atoms with Gasteiger partial charge in [-0.3, -0.25) is 5.32 Å². The lowest BCUT2D eigenvalue weighted by atomic mass is 9.92. The number of nitrogens with zero attached hydrogens (tertiary/aromatic N) is 2. The van der Waals surface area contributed by atoms with E-state index in [9.17, 15) is 14.3 Å². The fraction of sp³-hybridized carbons (Fsp3) is 0.412. The minimum Gasteiger partial charge on any atom is -0.445 e. The van der Waals surface area contributed by atoms with Gasteiger partial charge in [0.05, 0.1) is 18.0 Å². The molecule has 1 heterocycles. The summed E-state index contributed by atoms with van der Waals surface area (Å²) in [7, 11) is 0. The van der Waals surface area contributed by atoms with Crippen LogP contribution in [0, 0.1) is 5.82 Å². The van der Waals surface area contributed by atoms with Gasteiger partial charge in [-0.2, -0.15) is 5.10 Å². The van der Waals surface area contributed by atoms with Crippen LogP contribution >= 0.6 is 34.8 Å². The number of carbonyl (C=O) groups excluding carboxylic acids is 1. The second-order valence-corrected chi connectivity index (χ2v) is 9.38. The Kier molecular flexibility index (Phi) is 6.63. The molecule has 0 saturated heterocycles. The summed E-state index contributed by atoms with van der Waals surface area (Å²) in [6, 6.07) is 5.64. The molecule has 1 aromatic carbocycles. The highest BCUT2D eigenvalue weighted by Crippen LogP contribution is 2.28. The molecule has 6 nitrogen and oxygen atoms in total. The first-order chi connectivity index (χ1) is 12.4. The Balaban J connectivity index is 2.40. The highest BCUT2D eigenvalue weighted by Gasteiger charge is 2.25. The lowest BCUT2D eigenvalue weighted by molar-refractivity contribution is 0.163. The number of nitrogens with one attached hydrogen (secondary N) is 1. The van der Waals surface area contributed by atoms with Crippen LogP contribution in [0.4, 0.5) is 15.0 Å². The number of ether oxygens (including phenoxy) is 1. The zero-order valence-corrected chi connectivity index (χ0v) is 17.2. The SMILES string of the molecule is CC(C)(C)c1cc(NC(=O)OCC(Cl)(Cl)Cl)n(-c2cc(F)cc(CO)c2)n1. The molecule has 2 N–H and O–H groups in total. The molecule has 0 aliphatic heterocycles. The van der Waals surface area contributed by atoms with Gasteiger partial charge in [-0.05, 0) is 23.8 Å². The number of amides is 1. The van der Waals surface area contributed by atoms with E-state index in [0.717, 1.165) is 0 Å². The molecule has 0 aliphatic carbocycles. The average Bonchev–Trinajstić information content (AvgIpc) is 2.95. The molecule has 2 rings (SSSR count). The van der Waals surface area contributed by atoms with Crippen molar-refractivity contribution < 1.29 is 19.0 Å². The number of carbonyl (C=O) groups is 1. The monoisotopic (exact) mass is 437 g/mol. The molecule has 148 valence electrons. The van der Waals surface area contributed by atoms with Gasteiger partial charge in [0.25, 0.3) is 0 Å². The van der Waals surface area contributed by atoms with Crippen LogP contribution in [-0.4, -0.2) is 31.4 Å². The third kappa shape index (κ3) is 6.24. The van der Waals surface area contributed by atoms with Gasteiger partial charge in [0.1, 0.15) is 18.2 Å². The number of halogens is 4. The second-order valence-electron chi connectivity index (χ2n) is 6.87. The number of rotatable bonds is 4. The molecular weight excluding hydrogens is 420 g/mol. The summed E-state index contributed by atoms with van der Waals surface area (Å²) in [5.41, 5.74) is 0.999. The van der Waals surface area contributed by atoms with Crippen LogP contribution < -0.4 is 5.32 Å². The van der Waals surface area contributed by atoms with Crippen LogP contribution in [0.15, 0.2) is 24.3 Å². The molecule has 0 unspecified atom stereocenters. The molecule has 27 heavy (non-hydrogen) atoms. The lowest BCUT2D eigenvalue weighted by Gasteiger charge is -2.14. The third-order valence-electron chi connectivity index (χ3n) is 3.44. The van der Waals surface area contributed by atoms with E-state index in [0.29, 0.717) is 16.9 Å². The minimum atomic E-state index is -1.74. The minimum absolute atomic E-state index is 0.240. The van der Waals surface area contributed by atoms with Crippen molar-refractivity contribution in [3.05, 3.63) is 41.3 Å². The third-order valence-corrected chi connectivity index (χ3v) is 3.77. The van der Waals surface area contributed by atoms with Crippen molar-refractivity contribution in [1.82, 2.24) is 9.78 Å². The zero-order valence-electron chi connectivity index (χ0n) is 14.9. The summed E-state index contributed by atoms with van der Waals surface area (Å²) in [5.74, 6) is -0.308. The Labute approximate surface area is 171 Å². The lowest BCUT2D eigenvalue weighted by Crippen LogP contribution is -2.22. The maximum atomic E-state index is 13.9. The molecule has 0 fully saturated rings. The Hall–Kier alpha value is -1.54. The van der Waals surface area contributed by atoms with Crippen LogP contribution in [0.1, 0.15) is 32.0 Å². The van der Waals surface area contributed by atoms with E-state index in [4.69, 9.17) is 39.5 Å². The van der Waals surface area contributed by atoms with Crippen molar-refractivity contribution in [1.29, 1.82) is 0 Å². The largest absolute Gasteiger partial charge is 0.445 e. The van der Waals surface area contributed by atoms with Gasteiger partial charge < -0.3 is 9.84 Å². The predicted octanol–water partition coefficient (Wildman–Crippen LogP) is 4.72. The van der Waals surface area contributed by atoms with E-state index >= 15 is 0 Å². The van der Waals surface area contributed by atoms with Crippen LogP contribution in [-0.2, 0) is 16.8 Å². The molecule has 10 heteroatoms. The number of hydrogen-bond donors (Lipinski definition) is 2. The van der Waals surface area contributed by atoms with Crippen LogP contribution in [0.25, 0.3) is 5.69 Å². The first kappa shape index (κ1) is 21.8. The Morgan fingerprint density at radius 1 is 1.26 bits per heavy atom. The number of anilines is 1. The van der Waals surface area contributed by atoms with Gasteiger partial charge in [-0.25, -0.2) is 13.9 Å². The van der Waals surface area contributed by atoms with E-state index in [1.165, 1.54) is 16.8 Å². The summed E-state index contributed by atoms with van der Waals surface area (Å²) in [5, 5.41) is 16.3. The maximum absolute atomic E-state index is 13.9. The van der Waals surface area contributed by atoms with Gasteiger partial charge in [0, 0.05) is 11.5 Å². The molecule has 0 aliphatic rings. The van der Waals surface area contributed by atoms with Gasteiger partial charge in [-0.15, -0.1) is 0 Å². The zero-order chi connectivity index (χ0) is 20.4. The van der Waals surface area contributed by atoms with Crippen molar-refractivity contribution >= 4 is 46.7 Å². The van der Waals surface area contributed by atoms with E-state index in [1.54, 1.807) is 12.1 Å². The molecule has 1 aromatic heterocycles. The quantitative estimate of drug-likeness (QED) is 0.677. The van der Waals surface area contributed by atoms with Gasteiger partial charge in [0.2, 0.25) is 3.79 Å². The van der Waals surface area contributed by atoms with Crippen LogP contribution in [0.3, 0.4) is 0 Å². The van der Waals surface area contributed by atoms with Gasteiger partial charge in [-0.1, -0.05) is 55.6 Å². The number of alkyl halides is 3. The van der Waals surface area contributed by atoms with Crippen molar-refractivity contribution in [3.63, 3.8) is 0 Å². The Morgan fingerprint density at radius 2 is 1.93 bits per heavy atom. The average molecular weight is 439 g/mol. The topological polar surface area (TPSA) is 76.4 Å². The van der Waals surface area contributed by atoms with Crippen LogP contribution in [0.2, 0.25) is 0 Å². The molecule has 2 aromatic rings. The number of aliphatic hydroxyl groups is 1. The Bertz CT molecular complexity index is 829. The van der Waals surface area contributed by atoms with Crippen molar-refractivity contribution in [2.45, 2.75) is 36.6 Å². The van der Waals surface area contributed by atoms with Crippen molar-refractivity contribution in [2.24, 2.45) is 0 Å². The molecule has 0 radical (unpaired) electrons. The first-order valence-electron chi connectivity index (χ1n) is 7.91. The van der Waals surface area contributed by atoms with Gasteiger partial charge in [0.15, 0.2) is 0 Å². The predicted molar refractivity (Wildman–Crippen MR) is 103 cm³/mol. The van der Waals surface area contributed by atoms with E-state index in [2.05, 4.69) is 10.4 Å². The normalized spacial score (nSPS) is 12.1. The molecule has 0 spiro atoms.